The summed E-state index contributed by atoms with van der Waals surface area (Å²) in [4.78, 5) is 4.09. The Balaban J connectivity index is 2.65. The molecule has 3 nitrogen and oxygen atoms in total. The molecule has 0 spiro atoms. The number of benzene rings is 1. The highest BCUT2D eigenvalue weighted by molar-refractivity contribution is 7.71. The van der Waals surface area contributed by atoms with E-state index in [0.29, 0.717) is 5.92 Å². The van der Waals surface area contributed by atoms with Crippen LogP contribution in [0.25, 0.3) is 5.69 Å². The van der Waals surface area contributed by atoms with E-state index in [1.165, 1.54) is 0 Å². The molecule has 0 amide bonds. The van der Waals surface area contributed by atoms with E-state index in [1.54, 1.807) is 7.05 Å². The van der Waals surface area contributed by atoms with Gasteiger partial charge in [0, 0.05) is 19.0 Å². The molecule has 94 valence electrons. The number of rotatable bonds is 3. The molecule has 0 fully saturated rings. The zero-order valence-electron chi connectivity index (χ0n) is 10.8. The van der Waals surface area contributed by atoms with Gasteiger partial charge in [-0.05, 0) is 18.1 Å². The quantitative estimate of drug-likeness (QED) is 0.661. The van der Waals surface area contributed by atoms with Gasteiger partial charge < -0.3 is 0 Å². The van der Waals surface area contributed by atoms with Gasteiger partial charge in [-0.3, -0.25) is 10.1 Å². The molecule has 1 N–H and O–H groups in total. The molecule has 0 atom stereocenters. The van der Waals surface area contributed by atoms with Crippen LogP contribution in [0, 0.1) is 4.64 Å². The fourth-order valence-electron chi connectivity index (χ4n) is 1.92. The highest BCUT2D eigenvalue weighted by Gasteiger charge is 2.13. The van der Waals surface area contributed by atoms with E-state index in [2.05, 4.69) is 23.9 Å². The van der Waals surface area contributed by atoms with Gasteiger partial charge in [0.15, 0.2) is 0 Å². The molecule has 1 aromatic carbocycles. The van der Waals surface area contributed by atoms with Crippen LogP contribution < -0.4 is 0 Å². The van der Waals surface area contributed by atoms with Crippen LogP contribution in [0.3, 0.4) is 0 Å². The highest BCUT2D eigenvalue weighted by Crippen LogP contribution is 2.20. The number of nitrogens with zero attached hydrogens (tertiary/aromatic N) is 2. The van der Waals surface area contributed by atoms with Crippen LogP contribution >= 0.6 is 12.2 Å². The fourth-order valence-corrected chi connectivity index (χ4v) is 2.23. The summed E-state index contributed by atoms with van der Waals surface area (Å²) in [6, 6.07) is 10.1. The molecule has 0 aliphatic carbocycles. The van der Waals surface area contributed by atoms with Gasteiger partial charge in [-0.2, -0.15) is 0 Å². The molecular formula is C14H17N3S. The smallest absolute Gasteiger partial charge is 0.136 e. The van der Waals surface area contributed by atoms with Crippen LogP contribution in [0.1, 0.15) is 31.0 Å². The average Bonchev–Trinajstić information content (AvgIpc) is 2.69. The number of aromatic amines is 1. The van der Waals surface area contributed by atoms with E-state index in [-0.39, 0.29) is 0 Å². The van der Waals surface area contributed by atoms with Gasteiger partial charge >= 0.3 is 0 Å². The van der Waals surface area contributed by atoms with Gasteiger partial charge in [0.1, 0.15) is 4.64 Å². The summed E-state index contributed by atoms with van der Waals surface area (Å²) in [5.74, 6) is 0.379. The summed E-state index contributed by atoms with van der Waals surface area (Å²) in [5, 5.41) is 3.37. The SMILES string of the molecule is CN=Cc1c(C(C)C)[nH]n(-c2ccccc2)c1=S. The molecule has 2 aromatic rings. The third-order valence-electron chi connectivity index (χ3n) is 2.81. The lowest BCUT2D eigenvalue weighted by atomic mass is 10.1. The first-order valence-electron chi connectivity index (χ1n) is 5.97. The zero-order valence-corrected chi connectivity index (χ0v) is 11.7. The summed E-state index contributed by atoms with van der Waals surface area (Å²) < 4.78 is 2.71. The summed E-state index contributed by atoms with van der Waals surface area (Å²) in [6.45, 7) is 4.28. The molecular weight excluding hydrogens is 242 g/mol. The number of nitrogens with one attached hydrogen (secondary N) is 1. The van der Waals surface area contributed by atoms with E-state index in [4.69, 9.17) is 12.2 Å². The molecule has 0 unspecified atom stereocenters. The van der Waals surface area contributed by atoms with Gasteiger partial charge in [-0.25, -0.2) is 4.68 Å². The average molecular weight is 259 g/mol. The Hall–Kier alpha value is -1.68. The number of aromatic nitrogens is 2. The van der Waals surface area contributed by atoms with Crippen molar-refractivity contribution < 1.29 is 0 Å². The minimum Gasteiger partial charge on any atom is -0.296 e. The Morgan fingerprint density at radius 1 is 1.28 bits per heavy atom. The highest BCUT2D eigenvalue weighted by atomic mass is 32.1. The van der Waals surface area contributed by atoms with E-state index in [1.807, 2.05) is 41.2 Å². The lowest BCUT2D eigenvalue weighted by molar-refractivity contribution is 0.765. The van der Waals surface area contributed by atoms with E-state index >= 15 is 0 Å². The van der Waals surface area contributed by atoms with Crippen molar-refractivity contribution in [2.45, 2.75) is 19.8 Å². The molecule has 18 heavy (non-hydrogen) atoms. The van der Waals surface area contributed by atoms with Gasteiger partial charge in [0.25, 0.3) is 0 Å². The van der Waals surface area contributed by atoms with Crippen molar-refractivity contribution in [3.05, 3.63) is 46.2 Å². The summed E-state index contributed by atoms with van der Waals surface area (Å²) in [5.41, 5.74) is 3.17. The molecule has 1 aromatic heterocycles. The second kappa shape index (κ2) is 5.31. The topological polar surface area (TPSA) is 33.1 Å². The monoisotopic (exact) mass is 259 g/mol. The van der Waals surface area contributed by atoms with E-state index < -0.39 is 0 Å². The summed E-state index contributed by atoms with van der Waals surface area (Å²) >= 11 is 5.52. The van der Waals surface area contributed by atoms with Crippen molar-refractivity contribution in [1.82, 2.24) is 9.78 Å². The largest absolute Gasteiger partial charge is 0.296 e. The van der Waals surface area contributed by atoms with Gasteiger partial charge in [0.2, 0.25) is 0 Å². The van der Waals surface area contributed by atoms with Gasteiger partial charge in [0.05, 0.1) is 11.3 Å². The number of aliphatic imine (C=N–C) groups is 1. The van der Waals surface area contributed by atoms with Crippen molar-refractivity contribution >= 4 is 18.4 Å². The number of hydrogen-bond donors (Lipinski definition) is 1. The first-order valence-corrected chi connectivity index (χ1v) is 6.38. The van der Waals surface area contributed by atoms with Gasteiger partial charge in [-0.1, -0.05) is 44.3 Å². The minimum atomic E-state index is 0.379. The minimum absolute atomic E-state index is 0.379. The maximum absolute atomic E-state index is 5.52. The van der Waals surface area contributed by atoms with Crippen LogP contribution in [0.2, 0.25) is 0 Å². The molecule has 0 aliphatic heterocycles. The molecule has 4 heteroatoms. The molecule has 2 rings (SSSR count). The van der Waals surface area contributed by atoms with Crippen molar-refractivity contribution in [2.24, 2.45) is 4.99 Å². The second-order valence-corrected chi connectivity index (χ2v) is 4.84. The molecule has 0 aliphatic rings. The van der Waals surface area contributed by atoms with Crippen LogP contribution in [0.5, 0.6) is 0 Å². The number of H-pyrrole nitrogens is 1. The molecule has 0 bridgehead atoms. The molecule has 0 saturated heterocycles. The van der Waals surface area contributed by atoms with Crippen molar-refractivity contribution in [2.75, 3.05) is 7.05 Å². The summed E-state index contributed by atoms with van der Waals surface area (Å²) in [7, 11) is 1.76. The molecule has 0 radical (unpaired) electrons. The van der Waals surface area contributed by atoms with Crippen LogP contribution in [-0.4, -0.2) is 23.0 Å². The Bertz CT molecular complexity index is 606. The first kappa shape index (κ1) is 12.8. The van der Waals surface area contributed by atoms with E-state index in [0.717, 1.165) is 21.6 Å². The Labute approximate surface area is 112 Å². The zero-order chi connectivity index (χ0) is 13.1. The van der Waals surface area contributed by atoms with Crippen molar-refractivity contribution in [3.63, 3.8) is 0 Å². The van der Waals surface area contributed by atoms with Crippen LogP contribution in [-0.2, 0) is 0 Å². The second-order valence-electron chi connectivity index (χ2n) is 4.46. The standard InChI is InChI=1S/C14H17N3S/c1-10(2)13-12(9-15-3)14(18)17(16-13)11-7-5-4-6-8-11/h4-10,16H,1-3H3. The third kappa shape index (κ3) is 2.29. The fraction of sp³-hybridized carbons (Fsp3) is 0.286. The first-order chi connectivity index (χ1) is 8.65. The number of hydrogen-bond acceptors (Lipinski definition) is 2. The number of para-hydroxylation sites is 1. The maximum atomic E-state index is 5.52. The molecule has 0 saturated carbocycles. The van der Waals surface area contributed by atoms with Crippen molar-refractivity contribution in [3.8, 4) is 5.69 Å². The lowest BCUT2D eigenvalue weighted by Crippen LogP contribution is -1.97. The summed E-state index contributed by atoms with van der Waals surface area (Å²) in [6.07, 6.45) is 1.83. The maximum Gasteiger partial charge on any atom is 0.136 e. The van der Waals surface area contributed by atoms with Crippen molar-refractivity contribution in [1.29, 1.82) is 0 Å². The Morgan fingerprint density at radius 2 is 1.94 bits per heavy atom. The Morgan fingerprint density at radius 3 is 2.50 bits per heavy atom. The van der Waals surface area contributed by atoms with Crippen LogP contribution in [0.4, 0.5) is 0 Å². The Kier molecular flexibility index (Phi) is 3.77. The third-order valence-corrected chi connectivity index (χ3v) is 3.21. The van der Waals surface area contributed by atoms with Gasteiger partial charge in [-0.15, -0.1) is 0 Å². The normalized spacial score (nSPS) is 11.6. The van der Waals surface area contributed by atoms with E-state index in [9.17, 15) is 0 Å². The predicted molar refractivity (Wildman–Crippen MR) is 78.6 cm³/mol. The predicted octanol–water partition coefficient (Wildman–Crippen LogP) is 3.71. The van der Waals surface area contributed by atoms with Crippen LogP contribution in [0.15, 0.2) is 35.3 Å². The lowest BCUT2D eigenvalue weighted by Gasteiger charge is -2.04. The molecule has 1 heterocycles.